The number of methoxy groups -OCH3 is 1. The first-order valence-corrected chi connectivity index (χ1v) is 9.58. The van der Waals surface area contributed by atoms with Crippen LogP contribution in [0.4, 0.5) is 8.78 Å². The molecule has 2 aromatic carbocycles. The Bertz CT molecular complexity index is 1040. The number of carbonyl (C=O) groups is 1. The fraction of sp³-hybridized carbons (Fsp3) is 0.300. The molecule has 3 aromatic rings. The van der Waals surface area contributed by atoms with Gasteiger partial charge in [0.2, 0.25) is 0 Å². The number of carbonyl (C=O) groups excluding carboxylic acids is 1. The molecule has 0 saturated carbocycles. The molecule has 1 fully saturated rings. The van der Waals surface area contributed by atoms with E-state index < -0.39 is 17.6 Å². The molecule has 1 aromatic heterocycles. The second-order valence-electron chi connectivity index (χ2n) is 6.64. The third-order valence-corrected chi connectivity index (χ3v) is 5.33. The second kappa shape index (κ2) is 7.60. The molecule has 4 rings (SSSR count). The Kier molecular flexibility index (Phi) is 5.16. The van der Waals surface area contributed by atoms with Crippen molar-refractivity contribution in [1.29, 1.82) is 0 Å². The molecule has 2 heterocycles. The highest BCUT2D eigenvalue weighted by molar-refractivity contribution is 9.10. The number of rotatable bonds is 5. The lowest BCUT2D eigenvalue weighted by Crippen LogP contribution is -2.31. The summed E-state index contributed by atoms with van der Waals surface area (Å²) in [6.07, 6.45) is 0.897. The van der Waals surface area contributed by atoms with Crippen LogP contribution in [0.5, 0.6) is 0 Å². The van der Waals surface area contributed by atoms with E-state index in [1.165, 1.54) is 19.2 Å². The maximum absolute atomic E-state index is 14.3. The van der Waals surface area contributed by atoms with Crippen LogP contribution in [0.25, 0.3) is 11.0 Å². The van der Waals surface area contributed by atoms with Gasteiger partial charge >= 0.3 is 5.97 Å². The number of halogens is 3. The van der Waals surface area contributed by atoms with Crippen molar-refractivity contribution in [2.75, 3.05) is 13.7 Å². The summed E-state index contributed by atoms with van der Waals surface area (Å²) in [5.41, 5.74) is 1.67. The van der Waals surface area contributed by atoms with Crippen molar-refractivity contribution in [2.24, 2.45) is 0 Å². The standard InChI is InChI=1S/C20H17BrF2N2O3/c1-27-20(26)11-2-3-17-18(6-11)25(10-13-4-5-28-13)19(24-17)9-14-15(22)7-12(21)8-16(14)23/h2-3,6-8,13H,4-5,9-10H2,1H3/t13-/m0/s1. The van der Waals surface area contributed by atoms with Crippen molar-refractivity contribution in [1.82, 2.24) is 9.55 Å². The van der Waals surface area contributed by atoms with Crippen LogP contribution in [-0.2, 0) is 22.4 Å². The number of hydrogen-bond donors (Lipinski definition) is 0. The van der Waals surface area contributed by atoms with E-state index in [2.05, 4.69) is 20.9 Å². The fourth-order valence-corrected chi connectivity index (χ4v) is 3.69. The molecule has 0 unspecified atom stereocenters. The van der Waals surface area contributed by atoms with Crippen LogP contribution in [0.15, 0.2) is 34.8 Å². The van der Waals surface area contributed by atoms with Gasteiger partial charge in [0.05, 0.1) is 36.4 Å². The van der Waals surface area contributed by atoms with Gasteiger partial charge in [-0.1, -0.05) is 15.9 Å². The summed E-state index contributed by atoms with van der Waals surface area (Å²) in [6, 6.07) is 7.48. The Labute approximate surface area is 168 Å². The van der Waals surface area contributed by atoms with Crippen molar-refractivity contribution in [3.05, 3.63) is 63.4 Å². The minimum atomic E-state index is -0.638. The normalized spacial score (nSPS) is 16.2. The molecule has 146 valence electrons. The highest BCUT2D eigenvalue weighted by Gasteiger charge is 2.24. The molecule has 1 aliphatic heterocycles. The lowest BCUT2D eigenvalue weighted by atomic mass is 10.1. The van der Waals surface area contributed by atoms with Gasteiger partial charge in [0, 0.05) is 23.1 Å². The Hall–Kier alpha value is -2.32. The Morgan fingerprint density at radius 1 is 1.32 bits per heavy atom. The van der Waals surface area contributed by atoms with Gasteiger partial charge in [-0.05, 0) is 36.8 Å². The predicted molar refractivity (Wildman–Crippen MR) is 102 cm³/mol. The third-order valence-electron chi connectivity index (χ3n) is 4.87. The number of hydrogen-bond acceptors (Lipinski definition) is 4. The van der Waals surface area contributed by atoms with Crippen LogP contribution in [0.1, 0.15) is 28.2 Å². The molecule has 0 radical (unpaired) electrons. The maximum atomic E-state index is 14.3. The highest BCUT2D eigenvalue weighted by Crippen LogP contribution is 2.26. The lowest BCUT2D eigenvalue weighted by Gasteiger charge is -2.27. The maximum Gasteiger partial charge on any atom is 0.337 e. The quantitative estimate of drug-likeness (QED) is 0.545. The van der Waals surface area contributed by atoms with Crippen LogP contribution >= 0.6 is 15.9 Å². The van der Waals surface area contributed by atoms with Crippen molar-refractivity contribution in [3.63, 3.8) is 0 Å². The number of nitrogens with zero attached hydrogens (tertiary/aromatic N) is 2. The van der Waals surface area contributed by atoms with E-state index in [0.717, 1.165) is 6.42 Å². The average molecular weight is 451 g/mol. The third kappa shape index (κ3) is 3.54. The average Bonchev–Trinajstić information content (AvgIpc) is 2.96. The Morgan fingerprint density at radius 2 is 2.04 bits per heavy atom. The second-order valence-corrected chi connectivity index (χ2v) is 7.56. The van der Waals surface area contributed by atoms with Crippen molar-refractivity contribution >= 4 is 32.9 Å². The molecular weight excluding hydrogens is 434 g/mol. The van der Waals surface area contributed by atoms with Crippen LogP contribution < -0.4 is 0 Å². The number of benzene rings is 2. The number of aromatic nitrogens is 2. The SMILES string of the molecule is COC(=O)c1ccc2nc(Cc3c(F)cc(Br)cc3F)n(C[C@@H]3CCO3)c2c1. The summed E-state index contributed by atoms with van der Waals surface area (Å²) in [7, 11) is 1.32. The van der Waals surface area contributed by atoms with Gasteiger partial charge in [-0.3, -0.25) is 0 Å². The molecule has 1 saturated heterocycles. The molecule has 1 aliphatic rings. The van der Waals surface area contributed by atoms with Gasteiger partial charge in [0.25, 0.3) is 0 Å². The van der Waals surface area contributed by atoms with Crippen LogP contribution in [0.3, 0.4) is 0 Å². The first-order valence-electron chi connectivity index (χ1n) is 8.78. The van der Waals surface area contributed by atoms with Crippen LogP contribution in [0, 0.1) is 11.6 Å². The van der Waals surface area contributed by atoms with E-state index in [-0.39, 0.29) is 18.1 Å². The van der Waals surface area contributed by atoms with Gasteiger partial charge in [-0.15, -0.1) is 0 Å². The first-order chi connectivity index (χ1) is 13.5. The monoisotopic (exact) mass is 450 g/mol. The Balaban J connectivity index is 1.80. The zero-order valence-electron chi connectivity index (χ0n) is 15.0. The number of fused-ring (bicyclic) bond motifs is 1. The zero-order valence-corrected chi connectivity index (χ0v) is 16.6. The van der Waals surface area contributed by atoms with E-state index in [4.69, 9.17) is 9.47 Å². The van der Waals surface area contributed by atoms with E-state index in [9.17, 15) is 13.6 Å². The van der Waals surface area contributed by atoms with Crippen LogP contribution in [-0.4, -0.2) is 35.3 Å². The van der Waals surface area contributed by atoms with E-state index in [1.807, 2.05) is 4.57 Å². The van der Waals surface area contributed by atoms with Gasteiger partial charge in [0.15, 0.2) is 0 Å². The summed E-state index contributed by atoms with van der Waals surface area (Å²) >= 11 is 3.09. The minimum absolute atomic E-state index is 0.0116. The van der Waals surface area contributed by atoms with Gasteiger partial charge in [-0.2, -0.15) is 0 Å². The largest absolute Gasteiger partial charge is 0.465 e. The molecule has 1 atom stereocenters. The van der Waals surface area contributed by atoms with Gasteiger partial charge in [-0.25, -0.2) is 18.6 Å². The van der Waals surface area contributed by atoms with Gasteiger partial charge < -0.3 is 14.0 Å². The molecule has 0 spiro atoms. The van der Waals surface area contributed by atoms with E-state index >= 15 is 0 Å². The predicted octanol–water partition coefficient (Wildman–Crippen LogP) is 4.24. The number of esters is 1. The van der Waals surface area contributed by atoms with Crippen molar-refractivity contribution < 1.29 is 23.0 Å². The Morgan fingerprint density at radius 3 is 2.64 bits per heavy atom. The first kappa shape index (κ1) is 19.0. The fourth-order valence-electron chi connectivity index (χ4n) is 3.29. The molecule has 0 aliphatic carbocycles. The molecular formula is C20H17BrF2N2O3. The summed E-state index contributed by atoms with van der Waals surface area (Å²) in [5.74, 6) is -1.23. The van der Waals surface area contributed by atoms with Crippen molar-refractivity contribution in [2.45, 2.75) is 25.5 Å². The van der Waals surface area contributed by atoms with Crippen LogP contribution in [0.2, 0.25) is 0 Å². The zero-order chi connectivity index (χ0) is 19.8. The summed E-state index contributed by atoms with van der Waals surface area (Å²) in [4.78, 5) is 16.5. The van der Waals surface area contributed by atoms with Crippen molar-refractivity contribution in [3.8, 4) is 0 Å². The molecule has 28 heavy (non-hydrogen) atoms. The smallest absolute Gasteiger partial charge is 0.337 e. The number of imidazole rings is 1. The number of ether oxygens (including phenoxy) is 2. The molecule has 5 nitrogen and oxygen atoms in total. The molecule has 0 bridgehead atoms. The summed E-state index contributed by atoms with van der Waals surface area (Å²) < 4.78 is 41.2. The molecule has 0 amide bonds. The summed E-state index contributed by atoms with van der Waals surface area (Å²) in [6.45, 7) is 1.19. The topological polar surface area (TPSA) is 53.3 Å². The van der Waals surface area contributed by atoms with E-state index in [1.54, 1.807) is 18.2 Å². The molecule has 8 heteroatoms. The van der Waals surface area contributed by atoms with E-state index in [0.29, 0.717) is 40.0 Å². The summed E-state index contributed by atoms with van der Waals surface area (Å²) in [5, 5.41) is 0. The van der Waals surface area contributed by atoms with Gasteiger partial charge in [0.1, 0.15) is 17.5 Å². The lowest BCUT2D eigenvalue weighted by molar-refractivity contribution is -0.0589. The molecule has 0 N–H and O–H groups in total. The highest BCUT2D eigenvalue weighted by atomic mass is 79.9. The minimum Gasteiger partial charge on any atom is -0.465 e.